The van der Waals surface area contributed by atoms with Crippen molar-refractivity contribution in [2.75, 3.05) is 26.2 Å². The van der Waals surface area contributed by atoms with Gasteiger partial charge in [-0.2, -0.15) is 13.2 Å². The summed E-state index contributed by atoms with van der Waals surface area (Å²) in [6, 6.07) is 1.17. The maximum atomic E-state index is 12.2. The summed E-state index contributed by atoms with van der Waals surface area (Å²) in [4.78, 5) is 4.88. The highest BCUT2D eigenvalue weighted by atomic mass is 19.4. The van der Waals surface area contributed by atoms with Crippen LogP contribution in [0.15, 0.2) is 0 Å². The second kappa shape index (κ2) is 7.29. The molecular weight excluding hydrogens is 279 g/mol. The summed E-state index contributed by atoms with van der Waals surface area (Å²) < 4.78 is 36.6. The van der Waals surface area contributed by atoms with Gasteiger partial charge in [0.05, 0.1) is 0 Å². The minimum atomic E-state index is -4.01. The third-order valence-corrected chi connectivity index (χ3v) is 4.99. The highest BCUT2D eigenvalue weighted by Gasteiger charge is 2.32. The maximum absolute atomic E-state index is 12.2. The van der Waals surface area contributed by atoms with Gasteiger partial charge in [-0.25, -0.2) is 0 Å². The van der Waals surface area contributed by atoms with E-state index in [-0.39, 0.29) is 12.5 Å². The lowest BCUT2D eigenvalue weighted by atomic mass is 10.0. The van der Waals surface area contributed by atoms with Crippen LogP contribution < -0.4 is 5.73 Å². The summed E-state index contributed by atoms with van der Waals surface area (Å²) in [7, 11) is 0. The number of nitrogens with two attached hydrogens (primary N) is 1. The average Bonchev–Trinajstić information content (AvgIpc) is 2.87. The first kappa shape index (κ1) is 17.0. The second-order valence-electron chi connectivity index (χ2n) is 6.67. The highest BCUT2D eigenvalue weighted by Crippen LogP contribution is 2.26. The van der Waals surface area contributed by atoms with Gasteiger partial charge in [-0.05, 0) is 52.1 Å². The molecule has 3 nitrogen and oxygen atoms in total. The summed E-state index contributed by atoms with van der Waals surface area (Å²) in [6.45, 7) is 6.22. The smallest absolute Gasteiger partial charge is 0.328 e. The lowest BCUT2D eigenvalue weighted by molar-refractivity contribution is -0.136. The van der Waals surface area contributed by atoms with E-state index in [9.17, 15) is 13.2 Å². The lowest BCUT2D eigenvalue weighted by Gasteiger charge is -2.35. The fourth-order valence-corrected chi connectivity index (χ4v) is 3.53. The van der Waals surface area contributed by atoms with E-state index in [1.165, 1.54) is 0 Å². The molecule has 2 saturated heterocycles. The Kier molecular flexibility index (Phi) is 5.91. The first-order chi connectivity index (χ1) is 9.85. The molecule has 2 heterocycles. The number of piperidine rings is 1. The number of rotatable bonds is 5. The third-order valence-electron chi connectivity index (χ3n) is 4.99. The maximum Gasteiger partial charge on any atom is 0.389 e. The predicted octanol–water partition coefficient (Wildman–Crippen LogP) is 2.60. The van der Waals surface area contributed by atoms with E-state index < -0.39 is 12.6 Å². The molecule has 0 radical (unpaired) electrons. The Morgan fingerprint density at radius 2 is 1.81 bits per heavy atom. The van der Waals surface area contributed by atoms with E-state index in [1.807, 2.05) is 0 Å². The minimum absolute atomic E-state index is 0.240. The SMILES string of the molecule is CC(CCCC(F)(F)F)N1CCC(N2CCC(N)CC2)C1. The quantitative estimate of drug-likeness (QED) is 0.847. The van der Waals surface area contributed by atoms with Crippen molar-refractivity contribution in [1.29, 1.82) is 0 Å². The van der Waals surface area contributed by atoms with Gasteiger partial charge in [0.25, 0.3) is 0 Å². The molecule has 2 N–H and O–H groups in total. The number of nitrogens with zero attached hydrogens (tertiary/aromatic N) is 2. The average molecular weight is 307 g/mol. The van der Waals surface area contributed by atoms with E-state index in [0.29, 0.717) is 18.5 Å². The normalized spacial score (nSPS) is 28.1. The lowest BCUT2D eigenvalue weighted by Crippen LogP contribution is -2.46. The summed E-state index contributed by atoms with van der Waals surface area (Å²) in [5, 5.41) is 0. The molecule has 0 spiro atoms. The Morgan fingerprint density at radius 3 is 2.43 bits per heavy atom. The van der Waals surface area contributed by atoms with Crippen molar-refractivity contribution in [3.63, 3.8) is 0 Å². The largest absolute Gasteiger partial charge is 0.389 e. The monoisotopic (exact) mass is 307 g/mol. The molecule has 2 unspecified atom stereocenters. The molecule has 2 atom stereocenters. The highest BCUT2D eigenvalue weighted by molar-refractivity contribution is 4.88. The number of hydrogen-bond acceptors (Lipinski definition) is 3. The van der Waals surface area contributed by atoms with Gasteiger partial charge >= 0.3 is 6.18 Å². The van der Waals surface area contributed by atoms with Gasteiger partial charge in [-0.15, -0.1) is 0 Å². The Bertz CT molecular complexity index is 314. The van der Waals surface area contributed by atoms with Crippen molar-refractivity contribution < 1.29 is 13.2 Å². The van der Waals surface area contributed by atoms with E-state index >= 15 is 0 Å². The van der Waals surface area contributed by atoms with Crippen molar-refractivity contribution in [2.24, 2.45) is 5.73 Å². The van der Waals surface area contributed by atoms with Crippen molar-refractivity contribution in [2.45, 2.75) is 69.8 Å². The molecule has 0 aromatic rings. The molecule has 21 heavy (non-hydrogen) atoms. The molecule has 0 aliphatic carbocycles. The van der Waals surface area contributed by atoms with Crippen LogP contribution in [0.25, 0.3) is 0 Å². The van der Waals surface area contributed by atoms with Crippen LogP contribution in [-0.2, 0) is 0 Å². The Morgan fingerprint density at radius 1 is 1.14 bits per heavy atom. The molecule has 2 rings (SSSR count). The number of halogens is 3. The van der Waals surface area contributed by atoms with Crippen LogP contribution in [-0.4, -0.2) is 60.3 Å². The van der Waals surface area contributed by atoms with Crippen LogP contribution in [0.2, 0.25) is 0 Å². The van der Waals surface area contributed by atoms with Gasteiger partial charge in [0.1, 0.15) is 0 Å². The molecule has 124 valence electrons. The molecule has 0 amide bonds. The number of hydrogen-bond donors (Lipinski definition) is 1. The number of alkyl halides is 3. The second-order valence-corrected chi connectivity index (χ2v) is 6.67. The molecule has 0 saturated carbocycles. The zero-order valence-electron chi connectivity index (χ0n) is 12.9. The molecular formula is C15H28F3N3. The zero-order chi connectivity index (χ0) is 15.5. The van der Waals surface area contributed by atoms with Crippen molar-refractivity contribution >= 4 is 0 Å². The van der Waals surface area contributed by atoms with E-state index in [4.69, 9.17) is 5.73 Å². The summed E-state index contributed by atoms with van der Waals surface area (Å²) >= 11 is 0. The van der Waals surface area contributed by atoms with Crippen LogP contribution in [0.1, 0.15) is 45.4 Å². The topological polar surface area (TPSA) is 32.5 Å². The fraction of sp³-hybridized carbons (Fsp3) is 1.00. The summed E-state index contributed by atoms with van der Waals surface area (Å²) in [5.74, 6) is 0. The molecule has 6 heteroatoms. The fourth-order valence-electron chi connectivity index (χ4n) is 3.53. The van der Waals surface area contributed by atoms with Crippen molar-refractivity contribution in [3.05, 3.63) is 0 Å². The Balaban J connectivity index is 1.69. The van der Waals surface area contributed by atoms with Crippen LogP contribution in [0.3, 0.4) is 0 Å². The predicted molar refractivity (Wildman–Crippen MR) is 78.1 cm³/mol. The van der Waals surface area contributed by atoms with Crippen molar-refractivity contribution in [1.82, 2.24) is 9.80 Å². The molecule has 0 aromatic carbocycles. The Labute approximate surface area is 125 Å². The van der Waals surface area contributed by atoms with Crippen molar-refractivity contribution in [3.8, 4) is 0 Å². The zero-order valence-corrected chi connectivity index (χ0v) is 12.9. The summed E-state index contributed by atoms with van der Waals surface area (Å²) in [6.07, 6.45) is -0.520. The van der Waals surface area contributed by atoms with Gasteiger partial charge in [0, 0.05) is 37.6 Å². The van der Waals surface area contributed by atoms with Crippen LogP contribution >= 0.6 is 0 Å². The molecule has 2 aliphatic rings. The molecule has 0 aromatic heterocycles. The van der Waals surface area contributed by atoms with Gasteiger partial charge in [0.2, 0.25) is 0 Å². The standard InChI is InChI=1S/C15H28F3N3/c1-12(3-2-7-15(16,17)18)21-10-6-14(11-21)20-8-4-13(19)5-9-20/h12-14H,2-11,19H2,1H3. The van der Waals surface area contributed by atoms with E-state index in [1.54, 1.807) is 0 Å². The van der Waals surface area contributed by atoms with Gasteiger partial charge < -0.3 is 5.73 Å². The Hall–Kier alpha value is -0.330. The molecule has 2 fully saturated rings. The van der Waals surface area contributed by atoms with E-state index in [0.717, 1.165) is 45.4 Å². The third kappa shape index (κ3) is 5.42. The first-order valence-electron chi connectivity index (χ1n) is 8.15. The molecule has 2 aliphatic heterocycles. The van der Waals surface area contributed by atoms with Crippen LogP contribution in [0.5, 0.6) is 0 Å². The summed E-state index contributed by atoms with van der Waals surface area (Å²) in [5.41, 5.74) is 5.93. The van der Waals surface area contributed by atoms with E-state index in [2.05, 4.69) is 16.7 Å². The van der Waals surface area contributed by atoms with Gasteiger partial charge in [-0.1, -0.05) is 0 Å². The minimum Gasteiger partial charge on any atom is -0.328 e. The van der Waals surface area contributed by atoms with Crippen LogP contribution in [0, 0.1) is 0 Å². The number of likely N-dealkylation sites (tertiary alicyclic amines) is 2. The first-order valence-corrected chi connectivity index (χ1v) is 8.15. The van der Waals surface area contributed by atoms with Gasteiger partial charge in [-0.3, -0.25) is 9.80 Å². The van der Waals surface area contributed by atoms with Gasteiger partial charge in [0.15, 0.2) is 0 Å². The van der Waals surface area contributed by atoms with Crippen LogP contribution in [0.4, 0.5) is 13.2 Å². The molecule has 0 bridgehead atoms.